The first-order valence-electron chi connectivity index (χ1n) is 5.92. The Balaban J connectivity index is 2.00. The normalized spacial score (nSPS) is 19.3. The van der Waals surface area contributed by atoms with E-state index in [1.165, 1.54) is 0 Å². The number of hydrogen-bond donors (Lipinski definition) is 2. The van der Waals surface area contributed by atoms with Gasteiger partial charge in [-0.15, -0.1) is 0 Å². The highest BCUT2D eigenvalue weighted by Crippen LogP contribution is 2.22. The van der Waals surface area contributed by atoms with Crippen LogP contribution in [0.25, 0.3) is 0 Å². The molecular weight excluding hydrogens is 289 g/mol. The first-order chi connectivity index (χ1) is 9.08. The van der Waals surface area contributed by atoms with E-state index in [9.17, 15) is 4.79 Å². The Morgan fingerprint density at radius 2 is 2.11 bits per heavy atom. The molecule has 0 aliphatic carbocycles. The summed E-state index contributed by atoms with van der Waals surface area (Å²) >= 11 is 11.8. The van der Waals surface area contributed by atoms with Gasteiger partial charge >= 0.3 is 6.03 Å². The van der Waals surface area contributed by atoms with Crippen molar-refractivity contribution in [2.24, 2.45) is 5.73 Å². The van der Waals surface area contributed by atoms with Gasteiger partial charge in [-0.05, 0) is 18.2 Å². The number of amides is 2. The highest BCUT2D eigenvalue weighted by Gasteiger charge is 2.23. The first-order valence-corrected chi connectivity index (χ1v) is 6.68. The molecule has 0 spiro atoms. The Hall–Kier alpha value is -1.01. The molecule has 3 N–H and O–H groups in total. The number of urea groups is 1. The summed E-state index contributed by atoms with van der Waals surface area (Å²) in [5.41, 5.74) is 6.11. The maximum Gasteiger partial charge on any atom is 0.322 e. The smallest absolute Gasteiger partial charge is 0.322 e. The van der Waals surface area contributed by atoms with Gasteiger partial charge in [0.05, 0.1) is 12.7 Å². The minimum Gasteiger partial charge on any atom is -0.373 e. The molecule has 0 aromatic heterocycles. The van der Waals surface area contributed by atoms with Crippen LogP contribution in [-0.4, -0.2) is 43.3 Å². The molecule has 1 aromatic rings. The second-order valence-corrected chi connectivity index (χ2v) is 5.14. The van der Waals surface area contributed by atoms with E-state index in [1.807, 2.05) is 0 Å². The van der Waals surface area contributed by atoms with Crippen LogP contribution in [0.5, 0.6) is 0 Å². The lowest BCUT2D eigenvalue weighted by Gasteiger charge is -2.32. The van der Waals surface area contributed by atoms with Crippen LogP contribution in [0.4, 0.5) is 10.5 Å². The number of benzene rings is 1. The monoisotopic (exact) mass is 303 g/mol. The van der Waals surface area contributed by atoms with Gasteiger partial charge in [0.2, 0.25) is 0 Å². The SMILES string of the molecule is NCC1CN(C(=O)Nc2cc(Cl)cc(Cl)c2)CCO1. The van der Waals surface area contributed by atoms with E-state index in [0.717, 1.165) is 0 Å². The fourth-order valence-corrected chi connectivity index (χ4v) is 2.40. The predicted molar refractivity (Wildman–Crippen MR) is 75.8 cm³/mol. The van der Waals surface area contributed by atoms with Crippen molar-refractivity contribution in [1.82, 2.24) is 4.90 Å². The third-order valence-electron chi connectivity index (χ3n) is 2.80. The third kappa shape index (κ3) is 3.98. The molecule has 1 saturated heterocycles. The Morgan fingerprint density at radius 1 is 1.42 bits per heavy atom. The number of nitrogens with zero attached hydrogens (tertiary/aromatic N) is 1. The molecule has 1 heterocycles. The number of rotatable bonds is 2. The third-order valence-corrected chi connectivity index (χ3v) is 3.24. The van der Waals surface area contributed by atoms with Crippen molar-refractivity contribution in [3.05, 3.63) is 28.2 Å². The van der Waals surface area contributed by atoms with Crippen LogP contribution in [-0.2, 0) is 4.74 Å². The van der Waals surface area contributed by atoms with Crippen LogP contribution >= 0.6 is 23.2 Å². The van der Waals surface area contributed by atoms with Gasteiger partial charge in [-0.25, -0.2) is 4.79 Å². The molecule has 104 valence electrons. The predicted octanol–water partition coefficient (Wildman–Crippen LogP) is 2.18. The first kappa shape index (κ1) is 14.4. The van der Waals surface area contributed by atoms with E-state index in [1.54, 1.807) is 23.1 Å². The minimum atomic E-state index is -0.208. The largest absolute Gasteiger partial charge is 0.373 e. The van der Waals surface area contributed by atoms with Crippen LogP contribution in [0, 0.1) is 0 Å². The summed E-state index contributed by atoms with van der Waals surface area (Å²) in [6.45, 7) is 1.91. The van der Waals surface area contributed by atoms with E-state index in [4.69, 9.17) is 33.7 Å². The molecule has 1 aromatic carbocycles. The number of hydrogen-bond acceptors (Lipinski definition) is 3. The molecule has 1 atom stereocenters. The van der Waals surface area contributed by atoms with Gasteiger partial charge in [0.1, 0.15) is 0 Å². The highest BCUT2D eigenvalue weighted by molar-refractivity contribution is 6.35. The maximum absolute atomic E-state index is 12.1. The molecule has 7 heteroatoms. The summed E-state index contributed by atoms with van der Waals surface area (Å²) in [5.74, 6) is 0. The molecule has 1 fully saturated rings. The summed E-state index contributed by atoms with van der Waals surface area (Å²) in [6, 6.07) is 4.69. The van der Waals surface area contributed by atoms with Gasteiger partial charge in [-0.1, -0.05) is 23.2 Å². The fourth-order valence-electron chi connectivity index (χ4n) is 1.87. The van der Waals surface area contributed by atoms with Crippen molar-refractivity contribution in [1.29, 1.82) is 0 Å². The Kier molecular flexibility index (Phi) is 4.87. The van der Waals surface area contributed by atoms with Crippen LogP contribution in [0.3, 0.4) is 0 Å². The van der Waals surface area contributed by atoms with Gasteiger partial charge < -0.3 is 20.7 Å². The topological polar surface area (TPSA) is 67.6 Å². The molecule has 19 heavy (non-hydrogen) atoms. The zero-order valence-corrected chi connectivity index (χ0v) is 11.7. The van der Waals surface area contributed by atoms with Crippen molar-refractivity contribution < 1.29 is 9.53 Å². The average molecular weight is 304 g/mol. The van der Waals surface area contributed by atoms with Crippen molar-refractivity contribution >= 4 is 34.9 Å². The standard InChI is InChI=1S/C12H15Cl2N3O2/c13-8-3-9(14)5-10(4-8)16-12(18)17-1-2-19-11(6-15)7-17/h3-5,11H,1-2,6-7,15H2,(H,16,18). The van der Waals surface area contributed by atoms with Crippen molar-refractivity contribution in [2.75, 3.05) is 31.6 Å². The van der Waals surface area contributed by atoms with Crippen LogP contribution in [0.15, 0.2) is 18.2 Å². The number of carbonyl (C=O) groups is 1. The van der Waals surface area contributed by atoms with Gasteiger partial charge in [-0.3, -0.25) is 0 Å². The molecular formula is C12H15Cl2N3O2. The number of morpholine rings is 1. The molecule has 1 unspecified atom stereocenters. The fraction of sp³-hybridized carbons (Fsp3) is 0.417. The zero-order valence-electron chi connectivity index (χ0n) is 10.2. The second-order valence-electron chi connectivity index (χ2n) is 4.26. The van der Waals surface area contributed by atoms with Gasteiger partial charge in [0.15, 0.2) is 0 Å². The van der Waals surface area contributed by atoms with Gasteiger partial charge in [-0.2, -0.15) is 0 Å². The van der Waals surface area contributed by atoms with Crippen LogP contribution < -0.4 is 11.1 Å². The van der Waals surface area contributed by atoms with E-state index in [2.05, 4.69) is 5.32 Å². The highest BCUT2D eigenvalue weighted by atomic mass is 35.5. The Morgan fingerprint density at radius 3 is 2.74 bits per heavy atom. The van der Waals surface area contributed by atoms with Crippen LogP contribution in [0.1, 0.15) is 0 Å². The van der Waals surface area contributed by atoms with Gasteiger partial charge in [0.25, 0.3) is 0 Å². The summed E-state index contributed by atoms with van der Waals surface area (Å²) in [4.78, 5) is 13.7. The Bertz CT molecular complexity index is 450. The van der Waals surface area contributed by atoms with Crippen molar-refractivity contribution in [3.63, 3.8) is 0 Å². The summed E-state index contributed by atoms with van der Waals surface area (Å²) in [5, 5.41) is 3.71. The van der Waals surface area contributed by atoms with E-state index in [-0.39, 0.29) is 12.1 Å². The van der Waals surface area contributed by atoms with E-state index < -0.39 is 0 Å². The number of nitrogens with one attached hydrogen (secondary N) is 1. The second kappa shape index (κ2) is 6.43. The molecule has 0 radical (unpaired) electrons. The van der Waals surface area contributed by atoms with Crippen LogP contribution in [0.2, 0.25) is 10.0 Å². The van der Waals surface area contributed by atoms with E-state index in [0.29, 0.717) is 42.0 Å². The van der Waals surface area contributed by atoms with Crippen molar-refractivity contribution in [3.8, 4) is 0 Å². The molecule has 2 amide bonds. The lowest BCUT2D eigenvalue weighted by molar-refractivity contribution is -0.00660. The molecule has 2 rings (SSSR count). The maximum atomic E-state index is 12.1. The lowest BCUT2D eigenvalue weighted by atomic mass is 10.3. The zero-order chi connectivity index (χ0) is 13.8. The average Bonchev–Trinajstić information content (AvgIpc) is 2.37. The van der Waals surface area contributed by atoms with E-state index >= 15 is 0 Å². The molecule has 0 saturated carbocycles. The number of nitrogens with two attached hydrogens (primary N) is 1. The Labute approximate surface area is 121 Å². The number of ether oxygens (including phenoxy) is 1. The number of halogens is 2. The summed E-state index contributed by atoms with van der Waals surface area (Å²) < 4.78 is 5.41. The quantitative estimate of drug-likeness (QED) is 0.880. The summed E-state index contributed by atoms with van der Waals surface area (Å²) in [7, 11) is 0. The molecule has 0 bridgehead atoms. The van der Waals surface area contributed by atoms with Gasteiger partial charge in [0, 0.05) is 35.4 Å². The molecule has 1 aliphatic rings. The minimum absolute atomic E-state index is 0.109. The lowest BCUT2D eigenvalue weighted by Crippen LogP contribution is -2.49. The number of anilines is 1. The summed E-state index contributed by atoms with van der Waals surface area (Å²) in [6.07, 6.45) is -0.109. The molecule has 1 aliphatic heterocycles. The number of carbonyl (C=O) groups excluding carboxylic acids is 1. The van der Waals surface area contributed by atoms with Crippen molar-refractivity contribution in [2.45, 2.75) is 6.10 Å². The molecule has 5 nitrogen and oxygen atoms in total.